The van der Waals surface area contributed by atoms with Crippen LogP contribution in [0.25, 0.3) is 0 Å². The summed E-state index contributed by atoms with van der Waals surface area (Å²) in [6.07, 6.45) is 2.69. The molecule has 0 aliphatic carbocycles. The van der Waals surface area contributed by atoms with E-state index in [4.69, 9.17) is 5.11 Å². The zero-order valence-electron chi connectivity index (χ0n) is 12.3. The molecule has 0 aliphatic heterocycles. The van der Waals surface area contributed by atoms with Crippen molar-refractivity contribution in [1.29, 1.82) is 0 Å². The summed E-state index contributed by atoms with van der Waals surface area (Å²) in [5.41, 5.74) is 1.02. The molecule has 2 aromatic rings. The fourth-order valence-electron chi connectivity index (χ4n) is 2.02. The van der Waals surface area contributed by atoms with Gasteiger partial charge < -0.3 is 5.11 Å². The van der Waals surface area contributed by atoms with Gasteiger partial charge in [0.1, 0.15) is 5.82 Å². The number of aryl methyl sites for hydroxylation is 1. The quantitative estimate of drug-likeness (QED) is 0.850. The minimum Gasteiger partial charge on any atom is -0.394 e. The molecule has 2 aromatic heterocycles. The number of aliphatic hydroxyl groups excluding tert-OH is 1. The molecule has 1 atom stereocenters. The van der Waals surface area contributed by atoms with Crippen LogP contribution in [-0.4, -0.2) is 31.5 Å². The monoisotopic (exact) mass is 294 g/mol. The topological polar surface area (TPSA) is 63.8 Å². The SMILES string of the molecule is CC[C@@H](C)Cc1nc(Cc2csc(C)n2)n(CCO)n1. The highest BCUT2D eigenvalue weighted by molar-refractivity contribution is 7.09. The number of rotatable bonds is 7. The number of hydrogen-bond acceptors (Lipinski definition) is 5. The molecule has 0 amide bonds. The molecule has 1 N–H and O–H groups in total. The van der Waals surface area contributed by atoms with Crippen LogP contribution in [0.5, 0.6) is 0 Å². The normalized spacial score (nSPS) is 12.8. The van der Waals surface area contributed by atoms with Crippen LogP contribution < -0.4 is 0 Å². The third-order valence-electron chi connectivity index (χ3n) is 3.34. The number of aromatic nitrogens is 4. The van der Waals surface area contributed by atoms with Crippen molar-refractivity contribution >= 4 is 11.3 Å². The van der Waals surface area contributed by atoms with Crippen molar-refractivity contribution in [2.45, 2.75) is 46.6 Å². The van der Waals surface area contributed by atoms with Crippen molar-refractivity contribution in [3.63, 3.8) is 0 Å². The van der Waals surface area contributed by atoms with Crippen LogP contribution in [0, 0.1) is 12.8 Å². The lowest BCUT2D eigenvalue weighted by molar-refractivity contribution is 0.267. The number of hydrogen-bond donors (Lipinski definition) is 1. The molecule has 0 radical (unpaired) electrons. The largest absolute Gasteiger partial charge is 0.394 e. The molecule has 20 heavy (non-hydrogen) atoms. The van der Waals surface area contributed by atoms with Crippen molar-refractivity contribution in [3.8, 4) is 0 Å². The number of nitrogens with zero attached hydrogens (tertiary/aromatic N) is 4. The molecular weight excluding hydrogens is 272 g/mol. The van der Waals surface area contributed by atoms with Gasteiger partial charge in [-0.1, -0.05) is 20.3 Å². The average Bonchev–Trinajstić information content (AvgIpc) is 2.98. The summed E-state index contributed by atoms with van der Waals surface area (Å²) in [7, 11) is 0. The second kappa shape index (κ2) is 6.95. The van der Waals surface area contributed by atoms with Gasteiger partial charge in [0.05, 0.1) is 30.3 Å². The number of aliphatic hydroxyl groups is 1. The molecule has 2 heterocycles. The molecule has 0 fully saturated rings. The van der Waals surface area contributed by atoms with Gasteiger partial charge in [-0.25, -0.2) is 14.6 Å². The second-order valence-electron chi connectivity index (χ2n) is 5.14. The Hall–Kier alpha value is -1.27. The smallest absolute Gasteiger partial charge is 0.151 e. The van der Waals surface area contributed by atoms with Crippen LogP contribution in [0.1, 0.15) is 42.6 Å². The molecule has 5 nitrogen and oxygen atoms in total. The van der Waals surface area contributed by atoms with Gasteiger partial charge in [-0.15, -0.1) is 11.3 Å². The van der Waals surface area contributed by atoms with E-state index >= 15 is 0 Å². The molecule has 0 saturated carbocycles. The first-order valence-electron chi connectivity index (χ1n) is 7.06. The van der Waals surface area contributed by atoms with E-state index in [0.29, 0.717) is 18.9 Å². The lowest BCUT2D eigenvalue weighted by Gasteiger charge is -2.03. The molecule has 0 spiro atoms. The van der Waals surface area contributed by atoms with Gasteiger partial charge in [0, 0.05) is 11.8 Å². The summed E-state index contributed by atoms with van der Waals surface area (Å²) < 4.78 is 1.81. The standard InChI is InChI=1S/C14H22N4OS/c1-4-10(2)7-13-16-14(18(17-13)5-6-19)8-12-9-20-11(3)15-12/h9-10,19H,4-8H2,1-3H3/t10-/m1/s1. The Labute approximate surface area is 123 Å². The predicted molar refractivity (Wildman–Crippen MR) is 79.9 cm³/mol. The molecule has 0 saturated heterocycles. The van der Waals surface area contributed by atoms with Gasteiger partial charge in [0.15, 0.2) is 5.82 Å². The van der Waals surface area contributed by atoms with Gasteiger partial charge in [0.25, 0.3) is 0 Å². The highest BCUT2D eigenvalue weighted by Gasteiger charge is 2.13. The summed E-state index contributed by atoms with van der Waals surface area (Å²) >= 11 is 1.65. The fraction of sp³-hybridized carbons (Fsp3) is 0.643. The maximum absolute atomic E-state index is 9.15. The van der Waals surface area contributed by atoms with E-state index in [1.807, 2.05) is 11.6 Å². The fourth-order valence-corrected chi connectivity index (χ4v) is 2.64. The second-order valence-corrected chi connectivity index (χ2v) is 6.21. The number of thiazole rings is 1. The molecular formula is C14H22N4OS. The van der Waals surface area contributed by atoms with E-state index in [0.717, 1.165) is 35.2 Å². The van der Waals surface area contributed by atoms with E-state index in [1.54, 1.807) is 11.3 Å². The minimum absolute atomic E-state index is 0.0786. The average molecular weight is 294 g/mol. The van der Waals surface area contributed by atoms with Crippen LogP contribution in [-0.2, 0) is 19.4 Å². The Kier molecular flexibility index (Phi) is 5.25. The molecule has 0 unspecified atom stereocenters. The van der Waals surface area contributed by atoms with Crippen molar-refractivity contribution in [1.82, 2.24) is 19.7 Å². The van der Waals surface area contributed by atoms with Crippen LogP contribution in [0.3, 0.4) is 0 Å². The van der Waals surface area contributed by atoms with E-state index in [2.05, 4.69) is 34.3 Å². The third kappa shape index (κ3) is 3.86. The van der Waals surface area contributed by atoms with Crippen LogP contribution in [0.4, 0.5) is 0 Å². The maximum Gasteiger partial charge on any atom is 0.151 e. The predicted octanol–water partition coefficient (Wildman–Crippen LogP) is 2.21. The first kappa shape index (κ1) is 15.1. The molecule has 0 aromatic carbocycles. The zero-order valence-corrected chi connectivity index (χ0v) is 13.2. The van der Waals surface area contributed by atoms with Gasteiger partial charge in [-0.2, -0.15) is 5.10 Å². The highest BCUT2D eigenvalue weighted by Crippen LogP contribution is 2.14. The summed E-state index contributed by atoms with van der Waals surface area (Å²) in [6, 6.07) is 0. The molecule has 0 bridgehead atoms. The lowest BCUT2D eigenvalue weighted by atomic mass is 10.1. The van der Waals surface area contributed by atoms with Gasteiger partial charge in [0.2, 0.25) is 0 Å². The van der Waals surface area contributed by atoms with Gasteiger partial charge in [-0.3, -0.25) is 0 Å². The van der Waals surface area contributed by atoms with Gasteiger partial charge in [-0.05, 0) is 12.8 Å². The van der Waals surface area contributed by atoms with Crippen LogP contribution >= 0.6 is 11.3 Å². The van der Waals surface area contributed by atoms with Crippen molar-refractivity contribution < 1.29 is 5.11 Å². The Morgan fingerprint density at radius 3 is 2.80 bits per heavy atom. The van der Waals surface area contributed by atoms with Crippen molar-refractivity contribution in [2.75, 3.05) is 6.61 Å². The molecule has 6 heteroatoms. The first-order valence-corrected chi connectivity index (χ1v) is 7.94. The molecule has 0 aliphatic rings. The zero-order chi connectivity index (χ0) is 14.5. The lowest BCUT2D eigenvalue weighted by Crippen LogP contribution is -2.09. The third-order valence-corrected chi connectivity index (χ3v) is 4.16. The summed E-state index contributed by atoms with van der Waals surface area (Å²) in [6.45, 7) is 6.95. The highest BCUT2D eigenvalue weighted by atomic mass is 32.1. The van der Waals surface area contributed by atoms with E-state index in [-0.39, 0.29) is 6.61 Å². The summed E-state index contributed by atoms with van der Waals surface area (Å²) in [5, 5.41) is 16.8. The van der Waals surface area contributed by atoms with E-state index < -0.39 is 0 Å². The van der Waals surface area contributed by atoms with Gasteiger partial charge >= 0.3 is 0 Å². The van der Waals surface area contributed by atoms with E-state index in [9.17, 15) is 0 Å². The first-order chi connectivity index (χ1) is 9.62. The Morgan fingerprint density at radius 2 is 2.20 bits per heavy atom. The molecule has 110 valence electrons. The van der Waals surface area contributed by atoms with Crippen molar-refractivity contribution in [2.24, 2.45) is 5.92 Å². The van der Waals surface area contributed by atoms with Crippen molar-refractivity contribution in [3.05, 3.63) is 27.7 Å². The minimum atomic E-state index is 0.0786. The van der Waals surface area contributed by atoms with E-state index in [1.165, 1.54) is 0 Å². The van der Waals surface area contributed by atoms with Crippen LogP contribution in [0.15, 0.2) is 5.38 Å². The Bertz CT molecular complexity index is 549. The Morgan fingerprint density at radius 1 is 1.40 bits per heavy atom. The molecule has 2 rings (SSSR count). The Balaban J connectivity index is 2.16. The van der Waals surface area contributed by atoms with Crippen LogP contribution in [0.2, 0.25) is 0 Å². The maximum atomic E-state index is 9.15. The summed E-state index contributed by atoms with van der Waals surface area (Å²) in [5.74, 6) is 2.34. The summed E-state index contributed by atoms with van der Waals surface area (Å²) in [4.78, 5) is 9.10.